The van der Waals surface area contributed by atoms with Crippen LogP contribution >= 0.6 is 0 Å². The number of aliphatic imine (C=N–C) groups is 1. The van der Waals surface area contributed by atoms with Crippen molar-refractivity contribution in [2.45, 2.75) is 19.9 Å². The van der Waals surface area contributed by atoms with E-state index >= 15 is 0 Å². The molecule has 0 aliphatic rings. The van der Waals surface area contributed by atoms with Crippen LogP contribution in [0.5, 0.6) is 11.5 Å². The van der Waals surface area contributed by atoms with Gasteiger partial charge in [0.25, 0.3) is 0 Å². The Labute approximate surface area is 155 Å². The quantitative estimate of drug-likeness (QED) is 0.326. The summed E-state index contributed by atoms with van der Waals surface area (Å²) in [6, 6.07) is 5.52. The number of guanidine groups is 1. The first-order valence-electron chi connectivity index (χ1n) is 8.58. The summed E-state index contributed by atoms with van der Waals surface area (Å²) in [7, 11) is 4.84. The number of benzene rings is 1. The third-order valence-electron chi connectivity index (χ3n) is 3.61. The summed E-state index contributed by atoms with van der Waals surface area (Å²) in [5.41, 5.74) is 0.932. The maximum Gasteiger partial charge on any atom is 0.241 e. The van der Waals surface area contributed by atoms with E-state index in [1.807, 2.05) is 32.0 Å². The number of carbonyl (C=O) groups is 1. The van der Waals surface area contributed by atoms with Crippen LogP contribution in [0.3, 0.4) is 0 Å². The van der Waals surface area contributed by atoms with E-state index in [0.29, 0.717) is 25.7 Å². The minimum atomic E-state index is -0.161. The molecule has 0 aromatic heterocycles. The molecule has 1 rings (SSSR count). The number of ether oxygens (including phenoxy) is 3. The first kappa shape index (κ1) is 21.6. The molecule has 3 N–H and O–H groups in total. The molecule has 1 unspecified atom stereocenters. The predicted molar refractivity (Wildman–Crippen MR) is 102 cm³/mol. The highest BCUT2D eigenvalue weighted by Gasteiger charge is 2.14. The lowest BCUT2D eigenvalue weighted by Gasteiger charge is -2.20. The lowest BCUT2D eigenvalue weighted by atomic mass is 10.1. The van der Waals surface area contributed by atoms with Gasteiger partial charge in [-0.15, -0.1) is 0 Å². The molecule has 1 aromatic rings. The Kier molecular flexibility index (Phi) is 9.93. The SMILES string of the molecule is CCNC(=NCC(=O)NCCOC)NC(C)c1cc(OC)ccc1OC. The fourth-order valence-corrected chi connectivity index (χ4v) is 2.28. The van der Waals surface area contributed by atoms with Crippen molar-refractivity contribution in [1.82, 2.24) is 16.0 Å². The van der Waals surface area contributed by atoms with Crippen molar-refractivity contribution in [3.05, 3.63) is 23.8 Å². The van der Waals surface area contributed by atoms with Crippen molar-refractivity contribution >= 4 is 11.9 Å². The monoisotopic (exact) mass is 366 g/mol. The fourth-order valence-electron chi connectivity index (χ4n) is 2.28. The summed E-state index contributed by atoms with van der Waals surface area (Å²) >= 11 is 0. The van der Waals surface area contributed by atoms with Crippen molar-refractivity contribution < 1.29 is 19.0 Å². The zero-order valence-electron chi connectivity index (χ0n) is 16.2. The van der Waals surface area contributed by atoms with E-state index in [-0.39, 0.29) is 18.5 Å². The molecule has 8 nitrogen and oxygen atoms in total. The van der Waals surface area contributed by atoms with Crippen LogP contribution in [-0.2, 0) is 9.53 Å². The topological polar surface area (TPSA) is 93.2 Å². The van der Waals surface area contributed by atoms with Gasteiger partial charge in [0, 0.05) is 25.8 Å². The average Bonchev–Trinajstić information content (AvgIpc) is 2.65. The number of methoxy groups -OCH3 is 3. The van der Waals surface area contributed by atoms with Gasteiger partial charge in [0.1, 0.15) is 18.0 Å². The standard InChI is InChI=1S/C18H30N4O4/c1-6-19-18(21-12-17(23)20-9-10-24-3)22-13(2)15-11-14(25-4)7-8-16(15)26-5/h7-8,11,13H,6,9-10,12H2,1-5H3,(H,20,23)(H2,19,21,22). The van der Waals surface area contributed by atoms with Gasteiger partial charge in [-0.05, 0) is 32.0 Å². The molecule has 0 spiro atoms. The number of hydrogen-bond donors (Lipinski definition) is 3. The molecule has 0 heterocycles. The van der Waals surface area contributed by atoms with Crippen molar-refractivity contribution in [2.24, 2.45) is 4.99 Å². The average molecular weight is 366 g/mol. The molecule has 0 fully saturated rings. The molecule has 146 valence electrons. The summed E-state index contributed by atoms with van der Waals surface area (Å²) in [6.45, 7) is 5.60. The largest absolute Gasteiger partial charge is 0.497 e. The Morgan fingerprint density at radius 1 is 1.19 bits per heavy atom. The number of rotatable bonds is 10. The first-order valence-corrected chi connectivity index (χ1v) is 8.58. The summed E-state index contributed by atoms with van der Waals surface area (Å²) < 4.78 is 15.6. The molecule has 1 amide bonds. The third kappa shape index (κ3) is 7.18. The van der Waals surface area contributed by atoms with Gasteiger partial charge in [-0.1, -0.05) is 0 Å². The lowest BCUT2D eigenvalue weighted by Crippen LogP contribution is -2.40. The van der Waals surface area contributed by atoms with E-state index in [4.69, 9.17) is 14.2 Å². The molecule has 0 saturated heterocycles. The van der Waals surface area contributed by atoms with Gasteiger partial charge in [-0.25, -0.2) is 4.99 Å². The number of hydrogen-bond acceptors (Lipinski definition) is 5. The van der Waals surface area contributed by atoms with E-state index < -0.39 is 0 Å². The van der Waals surface area contributed by atoms with Crippen LogP contribution < -0.4 is 25.4 Å². The summed E-state index contributed by atoms with van der Waals surface area (Å²) in [5.74, 6) is 1.88. The maximum absolute atomic E-state index is 11.8. The van der Waals surface area contributed by atoms with Gasteiger partial charge < -0.3 is 30.2 Å². The smallest absolute Gasteiger partial charge is 0.241 e. The molecular weight excluding hydrogens is 336 g/mol. The van der Waals surface area contributed by atoms with Crippen LogP contribution in [0.15, 0.2) is 23.2 Å². The molecular formula is C18H30N4O4. The Morgan fingerprint density at radius 2 is 1.96 bits per heavy atom. The number of carbonyl (C=O) groups excluding carboxylic acids is 1. The second kappa shape index (κ2) is 12.0. The van der Waals surface area contributed by atoms with E-state index in [0.717, 1.165) is 17.1 Å². The third-order valence-corrected chi connectivity index (χ3v) is 3.61. The van der Waals surface area contributed by atoms with Crippen molar-refractivity contribution in [3.8, 4) is 11.5 Å². The van der Waals surface area contributed by atoms with Crippen LogP contribution in [0.4, 0.5) is 0 Å². The van der Waals surface area contributed by atoms with Gasteiger partial charge in [-0.2, -0.15) is 0 Å². The zero-order chi connectivity index (χ0) is 19.4. The molecule has 0 bridgehead atoms. The molecule has 8 heteroatoms. The Morgan fingerprint density at radius 3 is 2.58 bits per heavy atom. The molecule has 26 heavy (non-hydrogen) atoms. The molecule has 0 aliphatic carbocycles. The normalized spacial score (nSPS) is 12.3. The van der Waals surface area contributed by atoms with Crippen LogP contribution in [0.25, 0.3) is 0 Å². The van der Waals surface area contributed by atoms with Crippen LogP contribution in [0.2, 0.25) is 0 Å². The zero-order valence-corrected chi connectivity index (χ0v) is 16.2. The molecule has 0 saturated carbocycles. The van der Waals surface area contributed by atoms with Gasteiger partial charge in [0.2, 0.25) is 5.91 Å². The van der Waals surface area contributed by atoms with Crippen molar-refractivity contribution in [2.75, 3.05) is 47.6 Å². The molecule has 1 atom stereocenters. The van der Waals surface area contributed by atoms with Crippen molar-refractivity contribution in [1.29, 1.82) is 0 Å². The maximum atomic E-state index is 11.8. The van der Waals surface area contributed by atoms with E-state index in [2.05, 4.69) is 20.9 Å². The van der Waals surface area contributed by atoms with Gasteiger partial charge in [-0.3, -0.25) is 4.79 Å². The molecule has 0 radical (unpaired) electrons. The van der Waals surface area contributed by atoms with Crippen molar-refractivity contribution in [3.63, 3.8) is 0 Å². The van der Waals surface area contributed by atoms with Crippen LogP contribution in [0, 0.1) is 0 Å². The Hall–Kier alpha value is -2.48. The van der Waals surface area contributed by atoms with Gasteiger partial charge in [0.15, 0.2) is 5.96 Å². The van der Waals surface area contributed by atoms with Crippen LogP contribution in [0.1, 0.15) is 25.5 Å². The highest BCUT2D eigenvalue weighted by atomic mass is 16.5. The minimum Gasteiger partial charge on any atom is -0.497 e. The minimum absolute atomic E-state index is 0.0288. The molecule has 0 aliphatic heterocycles. The van der Waals surface area contributed by atoms with E-state index in [1.165, 1.54) is 0 Å². The second-order valence-electron chi connectivity index (χ2n) is 5.51. The second-order valence-corrected chi connectivity index (χ2v) is 5.51. The van der Waals surface area contributed by atoms with E-state index in [1.54, 1.807) is 21.3 Å². The van der Waals surface area contributed by atoms with Crippen LogP contribution in [-0.4, -0.2) is 59.4 Å². The van der Waals surface area contributed by atoms with Gasteiger partial charge >= 0.3 is 0 Å². The Balaban J connectivity index is 2.79. The Bertz CT molecular complexity index is 593. The number of nitrogens with zero attached hydrogens (tertiary/aromatic N) is 1. The van der Waals surface area contributed by atoms with Gasteiger partial charge in [0.05, 0.1) is 26.9 Å². The lowest BCUT2D eigenvalue weighted by molar-refractivity contribution is -0.119. The first-order chi connectivity index (χ1) is 12.5. The molecule has 1 aromatic carbocycles. The number of amides is 1. The van der Waals surface area contributed by atoms with E-state index in [9.17, 15) is 4.79 Å². The highest BCUT2D eigenvalue weighted by Crippen LogP contribution is 2.29. The summed E-state index contributed by atoms with van der Waals surface area (Å²) in [6.07, 6.45) is 0. The predicted octanol–water partition coefficient (Wildman–Crippen LogP) is 1.08. The number of nitrogens with one attached hydrogen (secondary N) is 3. The fraction of sp³-hybridized carbons (Fsp3) is 0.556. The summed E-state index contributed by atoms with van der Waals surface area (Å²) in [4.78, 5) is 16.1. The highest BCUT2D eigenvalue weighted by molar-refractivity contribution is 5.85. The summed E-state index contributed by atoms with van der Waals surface area (Å²) in [5, 5.41) is 9.15.